The zero-order valence-corrected chi connectivity index (χ0v) is 18.0. The lowest BCUT2D eigenvalue weighted by atomic mass is 10.1. The maximum absolute atomic E-state index is 12.4. The summed E-state index contributed by atoms with van der Waals surface area (Å²) in [6.45, 7) is 0. The molecule has 1 aliphatic rings. The number of fused-ring (bicyclic) bond motifs is 1. The molecule has 33 heavy (non-hydrogen) atoms. The van der Waals surface area contributed by atoms with Crippen molar-refractivity contribution in [1.82, 2.24) is 19.5 Å². The zero-order valence-electron chi connectivity index (χ0n) is 16.2. The number of H-pyrrole nitrogens is 1. The van der Waals surface area contributed by atoms with Gasteiger partial charge in [-0.15, -0.1) is 0 Å². The number of hydrogen-bond donors (Lipinski definition) is 9. The molecule has 1 fully saturated rings. The largest absolute Gasteiger partial charge is 0.508 e. The van der Waals surface area contributed by atoms with E-state index in [0.717, 1.165) is 22.4 Å². The molecule has 2 aromatic heterocycles. The van der Waals surface area contributed by atoms with Crippen molar-refractivity contribution < 1.29 is 44.6 Å². The number of nitrogens with two attached hydrogens (primary N) is 1. The number of nitrogens with zero attached hydrogens (tertiary/aromatic N) is 3. The van der Waals surface area contributed by atoms with E-state index >= 15 is 0 Å². The van der Waals surface area contributed by atoms with Crippen LogP contribution in [0.5, 0.6) is 11.5 Å². The Balaban J connectivity index is 1.86. The van der Waals surface area contributed by atoms with E-state index in [1.807, 2.05) is 0 Å². The number of imidazole rings is 1. The number of nitrogens with one attached hydrogen (secondary N) is 1. The second-order valence-electron chi connectivity index (χ2n) is 7.12. The Bertz CT molecular complexity index is 1320. The van der Waals surface area contributed by atoms with E-state index in [0.29, 0.717) is 0 Å². The summed E-state index contributed by atoms with van der Waals surface area (Å²) < 4.78 is 17.9. The number of phenolic OH excluding ortho intramolecular Hbond substituents is 2. The highest BCUT2D eigenvalue weighted by Crippen LogP contribution is 2.47. The van der Waals surface area contributed by atoms with E-state index in [2.05, 4.69) is 15.0 Å². The van der Waals surface area contributed by atoms with Gasteiger partial charge in [-0.25, -0.2) is 4.98 Å². The summed E-state index contributed by atoms with van der Waals surface area (Å²) in [4.78, 5) is 41.4. The lowest BCUT2D eigenvalue weighted by Crippen LogP contribution is -2.38. The van der Waals surface area contributed by atoms with Gasteiger partial charge in [0.05, 0.1) is 4.90 Å². The molecule has 0 amide bonds. The van der Waals surface area contributed by atoms with Crippen molar-refractivity contribution in [2.45, 2.75) is 40.4 Å². The highest BCUT2D eigenvalue weighted by atomic mass is 32.2. The number of nitrogen functional groups attached to an aromatic ring is 1. The van der Waals surface area contributed by atoms with Gasteiger partial charge in [0, 0.05) is 6.07 Å². The fourth-order valence-corrected chi connectivity index (χ4v) is 4.86. The minimum absolute atomic E-state index is 0.0999. The van der Waals surface area contributed by atoms with Crippen LogP contribution in [0, 0.1) is 0 Å². The molecule has 1 saturated heterocycles. The number of rotatable bonds is 5. The number of aliphatic hydroxyl groups excluding tert-OH is 3. The molecule has 10 N–H and O–H groups in total. The van der Waals surface area contributed by atoms with Gasteiger partial charge in [0.2, 0.25) is 5.95 Å². The zero-order chi connectivity index (χ0) is 24.2. The van der Waals surface area contributed by atoms with Crippen LogP contribution in [0.3, 0.4) is 0 Å². The maximum atomic E-state index is 12.4. The van der Waals surface area contributed by atoms with Crippen LogP contribution in [0.15, 0.2) is 33.0 Å². The van der Waals surface area contributed by atoms with Crippen molar-refractivity contribution in [3.63, 3.8) is 0 Å². The standard InChI is InChI=1S/C16H18N5O10PS/c17-15-19-11-7(12(26)20-15)18-16(33-6-2-1-4(22)3-5(6)23)21(11)13-9(25)8(24)10(31-13)14(27)32(28,29)30/h1-3,8-10,13-14,22-25,27H,(H2,28,29,30)(H3,17,19,20,26)/t8-,9+,10-,13+,14?/m0/s1. The van der Waals surface area contributed by atoms with Crippen molar-refractivity contribution in [3.8, 4) is 11.5 Å². The normalized spacial score (nSPS) is 24.4. The minimum atomic E-state index is -5.13. The lowest BCUT2D eigenvalue weighted by molar-refractivity contribution is -0.0693. The van der Waals surface area contributed by atoms with Crippen LogP contribution in [0.2, 0.25) is 0 Å². The molecule has 1 aliphatic heterocycles. The van der Waals surface area contributed by atoms with Gasteiger partial charge >= 0.3 is 7.60 Å². The average Bonchev–Trinajstić information content (AvgIpc) is 3.20. The average molecular weight is 503 g/mol. The Morgan fingerprint density at radius 3 is 2.55 bits per heavy atom. The second-order valence-corrected chi connectivity index (χ2v) is 9.83. The van der Waals surface area contributed by atoms with Crippen molar-refractivity contribution >= 4 is 36.5 Å². The molecule has 3 heterocycles. The first-order chi connectivity index (χ1) is 15.4. The van der Waals surface area contributed by atoms with Crippen molar-refractivity contribution in [2.75, 3.05) is 5.73 Å². The SMILES string of the molecule is Nc1nc2c(nc(Sc3ccc(O)cc3O)n2[C@@H]2O[C@H](C(O)P(=O)(O)O)[C@@H](O)[C@H]2O)c(=O)[nH]1. The molecule has 0 aliphatic carbocycles. The van der Waals surface area contributed by atoms with Crippen molar-refractivity contribution in [2.24, 2.45) is 0 Å². The Kier molecular flexibility index (Phi) is 5.88. The first-order valence-corrected chi connectivity index (χ1v) is 11.6. The Labute approximate surface area is 187 Å². The van der Waals surface area contributed by atoms with E-state index < -0.39 is 43.5 Å². The number of anilines is 1. The first-order valence-electron chi connectivity index (χ1n) is 9.11. The summed E-state index contributed by atoms with van der Waals surface area (Å²) in [5.41, 5.74) is 4.39. The monoisotopic (exact) mass is 503 g/mol. The number of aromatic amines is 1. The van der Waals surface area contributed by atoms with Gasteiger partial charge in [0.1, 0.15) is 29.8 Å². The third-order valence-corrected chi connectivity index (χ3v) is 6.87. The molecule has 0 bridgehead atoms. The van der Waals surface area contributed by atoms with E-state index in [9.17, 15) is 44.7 Å². The number of aliphatic hydroxyl groups is 3. The highest BCUT2D eigenvalue weighted by Gasteiger charge is 2.52. The molecule has 5 atom stereocenters. The molecule has 4 rings (SSSR count). The molecular weight excluding hydrogens is 485 g/mol. The van der Waals surface area contributed by atoms with Crippen LogP contribution in [-0.4, -0.2) is 79.0 Å². The Morgan fingerprint density at radius 2 is 1.91 bits per heavy atom. The van der Waals surface area contributed by atoms with Gasteiger partial charge < -0.3 is 45.8 Å². The molecule has 1 unspecified atom stereocenters. The van der Waals surface area contributed by atoms with Crippen LogP contribution < -0.4 is 11.3 Å². The summed E-state index contributed by atoms with van der Waals surface area (Å²) in [6.07, 6.45) is -7.30. The molecule has 1 aromatic carbocycles. The molecule has 17 heteroatoms. The van der Waals surface area contributed by atoms with E-state index in [4.69, 9.17) is 10.5 Å². The quantitative estimate of drug-likeness (QED) is 0.177. The van der Waals surface area contributed by atoms with Gasteiger partial charge in [-0.05, 0) is 23.9 Å². The van der Waals surface area contributed by atoms with E-state index in [-0.39, 0.29) is 38.7 Å². The molecule has 0 radical (unpaired) electrons. The number of aromatic nitrogens is 4. The summed E-state index contributed by atoms with van der Waals surface area (Å²) in [6, 6.07) is 3.66. The third kappa shape index (κ3) is 4.18. The van der Waals surface area contributed by atoms with Crippen LogP contribution >= 0.6 is 19.4 Å². The predicted octanol–water partition coefficient (Wildman–Crippen LogP) is -1.62. The van der Waals surface area contributed by atoms with E-state index in [1.165, 1.54) is 12.1 Å². The molecular formula is C16H18N5O10PS. The minimum Gasteiger partial charge on any atom is -0.508 e. The molecule has 15 nitrogen and oxygen atoms in total. The third-order valence-electron chi connectivity index (χ3n) is 4.85. The summed E-state index contributed by atoms with van der Waals surface area (Å²) in [5, 5.41) is 50.3. The van der Waals surface area contributed by atoms with Crippen molar-refractivity contribution in [3.05, 3.63) is 28.6 Å². The Hall–Kier alpha value is -2.69. The smallest absolute Gasteiger partial charge is 0.356 e. The van der Waals surface area contributed by atoms with Crippen LogP contribution in [0.1, 0.15) is 6.23 Å². The van der Waals surface area contributed by atoms with Gasteiger partial charge in [0.25, 0.3) is 5.56 Å². The fraction of sp³-hybridized carbons (Fsp3) is 0.312. The summed E-state index contributed by atoms with van der Waals surface area (Å²) in [7, 11) is -5.13. The fourth-order valence-electron chi connectivity index (χ4n) is 3.31. The topological polar surface area (TPSA) is 257 Å². The Morgan fingerprint density at radius 1 is 1.21 bits per heavy atom. The molecule has 3 aromatic rings. The molecule has 178 valence electrons. The van der Waals surface area contributed by atoms with Crippen LogP contribution in [0.25, 0.3) is 11.2 Å². The lowest BCUT2D eigenvalue weighted by Gasteiger charge is -2.21. The van der Waals surface area contributed by atoms with Gasteiger partial charge in [-0.1, -0.05) is 0 Å². The number of ether oxygens (including phenoxy) is 1. The maximum Gasteiger partial charge on any atom is 0.356 e. The highest BCUT2D eigenvalue weighted by molar-refractivity contribution is 7.99. The van der Waals surface area contributed by atoms with Gasteiger partial charge in [-0.3, -0.25) is 18.9 Å². The van der Waals surface area contributed by atoms with E-state index in [1.54, 1.807) is 0 Å². The second kappa shape index (κ2) is 8.27. The number of benzene rings is 1. The summed E-state index contributed by atoms with van der Waals surface area (Å²) >= 11 is 0.763. The predicted molar refractivity (Wildman–Crippen MR) is 110 cm³/mol. The number of hydrogen-bond acceptors (Lipinski definition) is 12. The molecule has 0 saturated carbocycles. The van der Waals surface area contributed by atoms with Crippen molar-refractivity contribution in [1.29, 1.82) is 0 Å². The first kappa shape index (κ1) is 23.5. The summed E-state index contributed by atoms with van der Waals surface area (Å²) in [5.74, 6) is -3.34. The van der Waals surface area contributed by atoms with Crippen LogP contribution in [-0.2, 0) is 9.30 Å². The number of phenols is 2. The van der Waals surface area contributed by atoms with Gasteiger partial charge in [0.15, 0.2) is 28.4 Å². The van der Waals surface area contributed by atoms with Gasteiger partial charge in [-0.2, -0.15) is 4.98 Å². The number of aromatic hydroxyl groups is 2. The van der Waals surface area contributed by atoms with Crippen LogP contribution in [0.4, 0.5) is 5.95 Å². The molecule has 0 spiro atoms.